The van der Waals surface area contributed by atoms with Crippen LogP contribution in [0, 0.1) is 6.92 Å². The maximum atomic E-state index is 5.57. The van der Waals surface area contributed by atoms with Gasteiger partial charge < -0.3 is 14.8 Å². The van der Waals surface area contributed by atoms with Gasteiger partial charge in [0.15, 0.2) is 11.5 Å². The summed E-state index contributed by atoms with van der Waals surface area (Å²) in [6.45, 7) is 5.26. The number of hydrogen-bond donors (Lipinski definition) is 1. The summed E-state index contributed by atoms with van der Waals surface area (Å²) in [6.07, 6.45) is 1.94. The number of benzene rings is 2. The molecule has 0 radical (unpaired) electrons. The molecule has 0 aliphatic carbocycles. The molecule has 1 aliphatic heterocycles. The third-order valence-corrected chi connectivity index (χ3v) is 4.59. The van der Waals surface area contributed by atoms with Crippen molar-refractivity contribution in [1.82, 2.24) is 15.1 Å². The minimum atomic E-state index is 0.177. The van der Waals surface area contributed by atoms with Crippen LogP contribution in [0.3, 0.4) is 0 Å². The highest BCUT2D eigenvalue weighted by Crippen LogP contribution is 2.35. The molecule has 3 aromatic rings. The molecule has 5 heteroatoms. The quantitative estimate of drug-likeness (QED) is 0.771. The Morgan fingerprint density at radius 1 is 1.12 bits per heavy atom. The number of ether oxygens (including phenoxy) is 2. The number of nitrogens with one attached hydrogen (secondary N) is 1. The van der Waals surface area contributed by atoms with E-state index >= 15 is 0 Å². The molecule has 4 rings (SSSR count). The molecule has 0 unspecified atom stereocenters. The zero-order valence-corrected chi connectivity index (χ0v) is 14.4. The number of rotatable bonds is 5. The van der Waals surface area contributed by atoms with E-state index in [4.69, 9.17) is 9.47 Å². The molecule has 1 atom stereocenters. The normalized spacial score (nSPS) is 13.8. The van der Waals surface area contributed by atoms with Crippen LogP contribution in [0.25, 0.3) is 5.69 Å². The zero-order chi connectivity index (χ0) is 17.2. The molecule has 25 heavy (non-hydrogen) atoms. The summed E-state index contributed by atoms with van der Waals surface area (Å²) in [4.78, 5) is 0. The van der Waals surface area contributed by atoms with Crippen LogP contribution in [0.15, 0.2) is 54.7 Å². The van der Waals surface area contributed by atoms with Crippen LogP contribution in [0.2, 0.25) is 0 Å². The van der Waals surface area contributed by atoms with Crippen molar-refractivity contribution < 1.29 is 9.47 Å². The Bertz CT molecular complexity index is 874. The highest BCUT2D eigenvalue weighted by Gasteiger charge is 2.19. The maximum Gasteiger partial charge on any atom is 0.231 e. The van der Waals surface area contributed by atoms with Crippen LogP contribution in [-0.2, 0) is 6.54 Å². The van der Waals surface area contributed by atoms with Gasteiger partial charge in [0.1, 0.15) is 0 Å². The van der Waals surface area contributed by atoms with Crippen LogP contribution in [0.5, 0.6) is 11.5 Å². The van der Waals surface area contributed by atoms with E-state index in [0.29, 0.717) is 13.3 Å². The Labute approximate surface area is 147 Å². The van der Waals surface area contributed by atoms with Gasteiger partial charge in [-0.15, -0.1) is 0 Å². The monoisotopic (exact) mass is 335 g/mol. The van der Waals surface area contributed by atoms with Gasteiger partial charge in [-0.2, -0.15) is 5.10 Å². The molecule has 5 nitrogen and oxygen atoms in total. The third kappa shape index (κ3) is 2.98. The first kappa shape index (κ1) is 15.7. The number of hydrogen-bond acceptors (Lipinski definition) is 4. The Morgan fingerprint density at radius 3 is 2.80 bits per heavy atom. The van der Waals surface area contributed by atoms with Crippen molar-refractivity contribution in [3.05, 3.63) is 71.5 Å². The lowest BCUT2D eigenvalue weighted by Gasteiger charge is -2.15. The largest absolute Gasteiger partial charge is 0.454 e. The van der Waals surface area contributed by atoms with Crippen LogP contribution >= 0.6 is 0 Å². The van der Waals surface area contributed by atoms with E-state index in [0.717, 1.165) is 28.4 Å². The summed E-state index contributed by atoms with van der Waals surface area (Å²) in [5.74, 6) is 1.67. The van der Waals surface area contributed by atoms with Gasteiger partial charge in [-0.05, 0) is 32.0 Å². The first-order chi connectivity index (χ1) is 12.2. The molecule has 0 saturated carbocycles. The van der Waals surface area contributed by atoms with Gasteiger partial charge in [0, 0.05) is 29.4 Å². The maximum absolute atomic E-state index is 5.57. The van der Waals surface area contributed by atoms with Crippen molar-refractivity contribution in [2.45, 2.75) is 26.4 Å². The van der Waals surface area contributed by atoms with Crippen molar-refractivity contribution in [2.24, 2.45) is 0 Å². The summed E-state index contributed by atoms with van der Waals surface area (Å²) in [5, 5.41) is 8.11. The Balaban J connectivity index is 1.50. The van der Waals surface area contributed by atoms with Gasteiger partial charge in [-0.25, -0.2) is 4.68 Å². The highest BCUT2D eigenvalue weighted by atomic mass is 16.7. The molecule has 0 saturated heterocycles. The fourth-order valence-corrected chi connectivity index (χ4v) is 3.18. The van der Waals surface area contributed by atoms with Crippen molar-refractivity contribution in [2.75, 3.05) is 6.79 Å². The second-order valence-corrected chi connectivity index (χ2v) is 6.19. The zero-order valence-electron chi connectivity index (χ0n) is 14.4. The first-order valence-corrected chi connectivity index (χ1v) is 8.45. The molecule has 2 aromatic carbocycles. The van der Waals surface area contributed by atoms with Crippen molar-refractivity contribution in [3.63, 3.8) is 0 Å². The number of nitrogens with zero attached hydrogens (tertiary/aromatic N) is 2. The molecule has 0 bridgehead atoms. The van der Waals surface area contributed by atoms with Gasteiger partial charge in [0.05, 0.1) is 11.9 Å². The van der Waals surface area contributed by atoms with E-state index in [2.05, 4.69) is 42.5 Å². The van der Waals surface area contributed by atoms with Crippen LogP contribution in [-0.4, -0.2) is 16.6 Å². The first-order valence-electron chi connectivity index (χ1n) is 8.45. The number of para-hydroxylation sites is 2. The lowest BCUT2D eigenvalue weighted by atomic mass is 10.1. The van der Waals surface area contributed by atoms with E-state index in [9.17, 15) is 0 Å². The third-order valence-electron chi connectivity index (χ3n) is 4.59. The van der Waals surface area contributed by atoms with Crippen molar-refractivity contribution >= 4 is 0 Å². The molecule has 1 N–H and O–H groups in total. The Morgan fingerprint density at radius 2 is 1.96 bits per heavy atom. The van der Waals surface area contributed by atoms with Crippen LogP contribution < -0.4 is 14.8 Å². The molecule has 0 amide bonds. The van der Waals surface area contributed by atoms with E-state index in [-0.39, 0.29) is 6.04 Å². The average Bonchev–Trinajstić information content (AvgIpc) is 3.27. The average molecular weight is 335 g/mol. The van der Waals surface area contributed by atoms with Crippen LogP contribution in [0.4, 0.5) is 0 Å². The molecule has 1 aliphatic rings. The molecular formula is C20H21N3O2. The van der Waals surface area contributed by atoms with Gasteiger partial charge in [-0.1, -0.05) is 30.3 Å². The molecular weight excluding hydrogens is 314 g/mol. The van der Waals surface area contributed by atoms with Crippen LogP contribution in [0.1, 0.15) is 29.8 Å². The van der Waals surface area contributed by atoms with Gasteiger partial charge >= 0.3 is 0 Å². The molecule has 128 valence electrons. The van der Waals surface area contributed by atoms with E-state index in [1.165, 1.54) is 5.56 Å². The predicted octanol–water partition coefficient (Wildman–Crippen LogP) is 3.76. The lowest BCUT2D eigenvalue weighted by Crippen LogP contribution is -2.19. The molecule has 1 aromatic heterocycles. The fraction of sp³-hybridized carbons (Fsp3) is 0.250. The summed E-state index contributed by atoms with van der Waals surface area (Å²) >= 11 is 0. The number of fused-ring (bicyclic) bond motifs is 1. The molecule has 0 spiro atoms. The summed E-state index contributed by atoms with van der Waals surface area (Å²) in [6, 6.07) is 16.3. The minimum Gasteiger partial charge on any atom is -0.454 e. The van der Waals surface area contributed by atoms with Crippen molar-refractivity contribution in [3.8, 4) is 17.2 Å². The second-order valence-electron chi connectivity index (χ2n) is 6.19. The SMILES string of the molecule is Cc1c([C@H](C)NCc2cccc3c2OCO3)cnn1-c1ccccc1. The predicted molar refractivity (Wildman–Crippen MR) is 96.1 cm³/mol. The minimum absolute atomic E-state index is 0.177. The van der Waals surface area contributed by atoms with E-state index in [1.807, 2.05) is 41.2 Å². The second kappa shape index (κ2) is 6.61. The Kier molecular flexibility index (Phi) is 4.15. The van der Waals surface area contributed by atoms with E-state index in [1.54, 1.807) is 0 Å². The highest BCUT2D eigenvalue weighted by molar-refractivity contribution is 5.48. The Hall–Kier alpha value is -2.79. The smallest absolute Gasteiger partial charge is 0.231 e. The number of aromatic nitrogens is 2. The van der Waals surface area contributed by atoms with E-state index < -0.39 is 0 Å². The van der Waals surface area contributed by atoms with Gasteiger partial charge in [-0.3, -0.25) is 0 Å². The summed E-state index contributed by atoms with van der Waals surface area (Å²) < 4.78 is 13.0. The molecule has 0 fully saturated rings. The summed E-state index contributed by atoms with van der Waals surface area (Å²) in [5.41, 5.74) is 4.51. The topological polar surface area (TPSA) is 48.3 Å². The van der Waals surface area contributed by atoms with Gasteiger partial charge in [0.2, 0.25) is 6.79 Å². The van der Waals surface area contributed by atoms with Crippen molar-refractivity contribution in [1.29, 1.82) is 0 Å². The van der Waals surface area contributed by atoms with Gasteiger partial charge in [0.25, 0.3) is 0 Å². The molecule has 2 heterocycles. The fourth-order valence-electron chi connectivity index (χ4n) is 3.18. The summed E-state index contributed by atoms with van der Waals surface area (Å²) in [7, 11) is 0. The lowest BCUT2D eigenvalue weighted by molar-refractivity contribution is 0.173. The standard InChI is InChI=1S/C20H21N3O2/c1-14(21-11-16-7-6-10-19-20(16)25-13-24-19)18-12-22-23(15(18)2)17-8-4-3-5-9-17/h3-10,12,14,21H,11,13H2,1-2H3/t14-/m0/s1.